The van der Waals surface area contributed by atoms with Crippen molar-refractivity contribution in [2.45, 2.75) is 26.9 Å². The Bertz CT molecular complexity index is 699. The molecule has 0 aliphatic rings. The van der Waals surface area contributed by atoms with Gasteiger partial charge >= 0.3 is 12.0 Å². The van der Waals surface area contributed by atoms with Crippen LogP contribution in [0.2, 0.25) is 0 Å². The van der Waals surface area contributed by atoms with Crippen LogP contribution >= 0.6 is 0 Å². The van der Waals surface area contributed by atoms with Crippen molar-refractivity contribution in [2.24, 2.45) is 0 Å². The van der Waals surface area contributed by atoms with Gasteiger partial charge in [-0.1, -0.05) is 18.2 Å². The van der Waals surface area contributed by atoms with Gasteiger partial charge in [0.05, 0.1) is 13.2 Å². The number of nitrogens with one attached hydrogen (secondary N) is 1. The number of carbonyl (C=O) groups is 4. The smallest absolute Gasteiger partial charge is 0.328 e. The van der Waals surface area contributed by atoms with Gasteiger partial charge in [0.15, 0.2) is 5.78 Å². The molecule has 0 aromatic heterocycles. The Kier molecular flexibility index (Phi) is 8.17. The number of Topliss-reactive ketones (excluding diaryl/α,β-unsaturated/α-hetero) is 1. The molecular weight excluding hydrogens is 340 g/mol. The Hall–Kier alpha value is -3.00. The van der Waals surface area contributed by atoms with E-state index in [0.717, 1.165) is 4.90 Å². The molecule has 0 radical (unpaired) electrons. The fourth-order valence-electron chi connectivity index (χ4n) is 1.94. The summed E-state index contributed by atoms with van der Waals surface area (Å²) >= 11 is 0. The maximum absolute atomic E-state index is 12.4. The van der Waals surface area contributed by atoms with E-state index in [1.165, 1.54) is 27.0 Å². The Morgan fingerprint density at radius 3 is 2.27 bits per heavy atom. The van der Waals surface area contributed by atoms with E-state index in [1.54, 1.807) is 30.3 Å². The van der Waals surface area contributed by atoms with Crippen molar-refractivity contribution in [1.82, 2.24) is 10.2 Å². The van der Waals surface area contributed by atoms with E-state index >= 15 is 0 Å². The van der Waals surface area contributed by atoms with Crippen molar-refractivity contribution >= 4 is 23.7 Å². The summed E-state index contributed by atoms with van der Waals surface area (Å²) in [5, 5.41) is 11.5. The van der Waals surface area contributed by atoms with Crippen LogP contribution in [0.3, 0.4) is 0 Å². The van der Waals surface area contributed by atoms with Gasteiger partial charge in [-0.2, -0.15) is 0 Å². The molecule has 26 heavy (non-hydrogen) atoms. The van der Waals surface area contributed by atoms with Crippen molar-refractivity contribution in [3.63, 3.8) is 0 Å². The minimum absolute atomic E-state index is 0.228. The second-order valence-corrected chi connectivity index (χ2v) is 5.56. The molecule has 140 valence electrons. The standard InChI is InChI=1S/C18H22N2O6/c1-12(13(2)22)9-20(10-16(11-21)26-14(3)23)18(25)19-17(24)15-7-5-4-6-8-15/h4-9,16,21H,10-11H2,1-3H3,(H,19,24,25)/b12-9-. The number of ketones is 1. The van der Waals surface area contributed by atoms with E-state index in [9.17, 15) is 24.3 Å². The highest BCUT2D eigenvalue weighted by Crippen LogP contribution is 2.06. The number of ether oxygens (including phenoxy) is 1. The van der Waals surface area contributed by atoms with Crippen LogP contribution in [-0.4, -0.2) is 53.0 Å². The Morgan fingerprint density at radius 1 is 1.15 bits per heavy atom. The van der Waals surface area contributed by atoms with Crippen molar-refractivity contribution in [2.75, 3.05) is 13.2 Å². The summed E-state index contributed by atoms with van der Waals surface area (Å²) in [7, 11) is 0. The molecule has 8 heteroatoms. The quantitative estimate of drug-likeness (QED) is 0.558. The molecule has 0 bridgehead atoms. The van der Waals surface area contributed by atoms with Crippen LogP contribution in [0.4, 0.5) is 4.79 Å². The number of urea groups is 1. The molecule has 1 aromatic carbocycles. The topological polar surface area (TPSA) is 113 Å². The summed E-state index contributed by atoms with van der Waals surface area (Å²) in [6, 6.07) is 7.30. The number of benzene rings is 1. The van der Waals surface area contributed by atoms with Gasteiger partial charge in [0.2, 0.25) is 0 Å². The predicted molar refractivity (Wildman–Crippen MR) is 93.1 cm³/mol. The minimum Gasteiger partial charge on any atom is -0.458 e. The summed E-state index contributed by atoms with van der Waals surface area (Å²) in [5.41, 5.74) is 0.540. The summed E-state index contributed by atoms with van der Waals surface area (Å²) in [5.74, 6) is -1.52. The van der Waals surface area contributed by atoms with Gasteiger partial charge < -0.3 is 9.84 Å². The number of aliphatic hydroxyl groups excluding tert-OH is 1. The van der Waals surface area contributed by atoms with Crippen molar-refractivity contribution in [3.8, 4) is 0 Å². The maximum Gasteiger partial charge on any atom is 0.328 e. The monoisotopic (exact) mass is 362 g/mol. The van der Waals surface area contributed by atoms with E-state index in [4.69, 9.17) is 4.74 Å². The minimum atomic E-state index is -0.999. The Morgan fingerprint density at radius 2 is 1.77 bits per heavy atom. The number of nitrogens with zero attached hydrogens (tertiary/aromatic N) is 1. The lowest BCUT2D eigenvalue weighted by Gasteiger charge is -2.24. The Labute approximate surface area is 151 Å². The van der Waals surface area contributed by atoms with Crippen LogP contribution in [0.25, 0.3) is 0 Å². The molecule has 1 aromatic rings. The average Bonchev–Trinajstić information content (AvgIpc) is 2.60. The molecule has 0 saturated heterocycles. The van der Waals surface area contributed by atoms with Gasteiger partial charge in [-0.05, 0) is 26.0 Å². The van der Waals surface area contributed by atoms with E-state index in [0.29, 0.717) is 0 Å². The average molecular weight is 362 g/mol. The van der Waals surface area contributed by atoms with Gasteiger partial charge in [-0.3, -0.25) is 24.6 Å². The zero-order chi connectivity index (χ0) is 19.7. The lowest BCUT2D eigenvalue weighted by atomic mass is 10.2. The molecular formula is C18H22N2O6. The van der Waals surface area contributed by atoms with Crippen molar-refractivity contribution in [1.29, 1.82) is 0 Å². The molecule has 1 unspecified atom stereocenters. The molecule has 1 atom stereocenters. The molecule has 0 aliphatic heterocycles. The molecule has 0 heterocycles. The van der Waals surface area contributed by atoms with Crippen molar-refractivity contribution in [3.05, 3.63) is 47.7 Å². The van der Waals surface area contributed by atoms with Gasteiger partial charge in [0.25, 0.3) is 5.91 Å². The number of rotatable bonds is 7. The second kappa shape index (κ2) is 10.1. The first-order chi connectivity index (χ1) is 12.2. The van der Waals surface area contributed by atoms with Crippen LogP contribution in [0.15, 0.2) is 42.1 Å². The normalized spacial score (nSPS) is 12.1. The first-order valence-corrected chi connectivity index (χ1v) is 7.89. The molecule has 2 N–H and O–H groups in total. The number of allylic oxidation sites excluding steroid dienone is 1. The Balaban J connectivity index is 2.97. The number of hydrogen-bond acceptors (Lipinski definition) is 6. The first kappa shape index (κ1) is 21.0. The summed E-state index contributed by atoms with van der Waals surface area (Å²) in [6.45, 7) is 3.24. The van der Waals surface area contributed by atoms with Crippen LogP contribution < -0.4 is 5.32 Å². The van der Waals surface area contributed by atoms with Crippen LogP contribution in [0.5, 0.6) is 0 Å². The third-order valence-electron chi connectivity index (χ3n) is 3.36. The summed E-state index contributed by atoms with van der Waals surface area (Å²) in [4.78, 5) is 48.1. The summed E-state index contributed by atoms with van der Waals surface area (Å²) in [6.07, 6.45) is 0.239. The number of esters is 1. The van der Waals surface area contributed by atoms with Gasteiger partial charge in [0, 0.05) is 24.3 Å². The first-order valence-electron chi connectivity index (χ1n) is 7.89. The van der Waals surface area contributed by atoms with E-state index in [2.05, 4.69) is 5.32 Å². The predicted octanol–water partition coefficient (Wildman–Crippen LogP) is 1.26. The number of carbonyl (C=O) groups excluding carboxylic acids is 4. The molecule has 8 nitrogen and oxygen atoms in total. The van der Waals surface area contributed by atoms with Gasteiger partial charge in [0.1, 0.15) is 6.10 Å². The third-order valence-corrected chi connectivity index (χ3v) is 3.36. The van der Waals surface area contributed by atoms with E-state index < -0.39 is 30.6 Å². The lowest BCUT2D eigenvalue weighted by Crippen LogP contribution is -2.45. The maximum atomic E-state index is 12.4. The highest BCUT2D eigenvalue weighted by Gasteiger charge is 2.22. The van der Waals surface area contributed by atoms with Crippen molar-refractivity contribution < 1.29 is 29.0 Å². The molecule has 1 rings (SSSR count). The summed E-state index contributed by atoms with van der Waals surface area (Å²) < 4.78 is 4.90. The molecule has 0 saturated carbocycles. The number of hydrogen-bond donors (Lipinski definition) is 2. The van der Waals surface area contributed by atoms with Gasteiger partial charge in [-0.25, -0.2) is 4.79 Å². The number of imide groups is 1. The van der Waals surface area contributed by atoms with Crippen LogP contribution in [-0.2, 0) is 14.3 Å². The van der Waals surface area contributed by atoms with Crippen LogP contribution in [0.1, 0.15) is 31.1 Å². The van der Waals surface area contributed by atoms with E-state index in [1.807, 2.05) is 0 Å². The highest BCUT2D eigenvalue weighted by atomic mass is 16.6. The molecule has 3 amide bonds. The number of aliphatic hydroxyl groups is 1. The fraction of sp³-hybridized carbons (Fsp3) is 0.333. The molecule has 0 fully saturated rings. The third kappa shape index (κ3) is 6.86. The zero-order valence-corrected chi connectivity index (χ0v) is 14.9. The highest BCUT2D eigenvalue weighted by molar-refractivity contribution is 6.04. The zero-order valence-electron chi connectivity index (χ0n) is 14.9. The molecule has 0 aliphatic carbocycles. The SMILES string of the molecule is CC(=O)OC(CO)CN(/C=C(/C)C(C)=O)C(=O)NC(=O)c1ccccc1. The lowest BCUT2D eigenvalue weighted by molar-refractivity contribution is -0.148. The van der Waals surface area contributed by atoms with E-state index in [-0.39, 0.29) is 23.5 Å². The number of amides is 3. The van der Waals surface area contributed by atoms with Gasteiger partial charge in [-0.15, -0.1) is 0 Å². The van der Waals surface area contributed by atoms with Crippen LogP contribution in [0, 0.1) is 0 Å². The molecule has 0 spiro atoms. The largest absolute Gasteiger partial charge is 0.458 e. The fourth-order valence-corrected chi connectivity index (χ4v) is 1.94. The second-order valence-electron chi connectivity index (χ2n) is 5.56.